The number of nitrogens with one attached hydrogen (secondary N) is 1. The monoisotopic (exact) mass is 433 g/mol. The summed E-state index contributed by atoms with van der Waals surface area (Å²) in [4.78, 5) is 30.0. The zero-order chi connectivity index (χ0) is 21.1. The number of aryl methyl sites for hydroxylation is 3. The van der Waals surface area contributed by atoms with Gasteiger partial charge in [0.05, 0.1) is 15.7 Å². The normalized spacial score (nSPS) is 10.9. The second-order valence-corrected chi connectivity index (χ2v) is 7.55. The maximum absolute atomic E-state index is 12.8. The van der Waals surface area contributed by atoms with Crippen LogP contribution < -0.4 is 10.9 Å². The van der Waals surface area contributed by atoms with Crippen LogP contribution in [0.3, 0.4) is 0 Å². The number of halogens is 2. The Labute approximate surface area is 178 Å². The number of carbonyl (C=O) groups excluding carboxylic acids is 1. The van der Waals surface area contributed by atoms with Crippen LogP contribution in [0, 0.1) is 13.8 Å². The number of nitrogens with zero attached hydrogens (tertiary/aromatic N) is 4. The fourth-order valence-corrected chi connectivity index (χ4v) is 3.28. The maximum Gasteiger partial charge on any atom is 0.255 e. The molecule has 7 nitrogen and oxygen atoms in total. The second kappa shape index (κ2) is 8.80. The van der Waals surface area contributed by atoms with Crippen LogP contribution in [0.4, 0.5) is 5.69 Å². The molecule has 0 spiro atoms. The lowest BCUT2D eigenvalue weighted by Crippen LogP contribution is -2.32. The molecule has 29 heavy (non-hydrogen) atoms. The molecular formula is C20H21Cl2N5O2. The number of hydrogen-bond acceptors (Lipinski definition) is 4. The van der Waals surface area contributed by atoms with Gasteiger partial charge in [-0.1, -0.05) is 36.5 Å². The van der Waals surface area contributed by atoms with Gasteiger partial charge in [-0.2, -0.15) is 5.10 Å². The van der Waals surface area contributed by atoms with Crippen LogP contribution in [0.2, 0.25) is 10.0 Å². The van der Waals surface area contributed by atoms with Crippen molar-refractivity contribution in [1.82, 2.24) is 19.3 Å². The zero-order valence-electron chi connectivity index (χ0n) is 16.4. The van der Waals surface area contributed by atoms with E-state index in [1.54, 1.807) is 22.9 Å². The van der Waals surface area contributed by atoms with Crippen LogP contribution in [0.1, 0.15) is 30.4 Å². The molecule has 0 fully saturated rings. The van der Waals surface area contributed by atoms with Crippen LogP contribution in [0.15, 0.2) is 35.1 Å². The summed E-state index contributed by atoms with van der Waals surface area (Å²) in [6, 6.07) is 8.13. The van der Waals surface area contributed by atoms with Gasteiger partial charge in [0.15, 0.2) is 0 Å². The van der Waals surface area contributed by atoms with Crippen LogP contribution >= 0.6 is 23.2 Å². The molecule has 0 saturated heterocycles. The zero-order valence-corrected chi connectivity index (χ0v) is 17.9. The van der Waals surface area contributed by atoms with Gasteiger partial charge in [0, 0.05) is 23.1 Å². The van der Waals surface area contributed by atoms with E-state index in [9.17, 15) is 9.59 Å². The molecule has 0 aliphatic rings. The summed E-state index contributed by atoms with van der Waals surface area (Å²) in [5, 5.41) is 7.87. The van der Waals surface area contributed by atoms with Gasteiger partial charge in [0.2, 0.25) is 11.9 Å². The van der Waals surface area contributed by atoms with E-state index in [0.717, 1.165) is 17.8 Å². The van der Waals surface area contributed by atoms with Crippen LogP contribution in [-0.4, -0.2) is 25.2 Å². The Bertz CT molecular complexity index is 1120. The first-order valence-electron chi connectivity index (χ1n) is 9.17. The third-order valence-electron chi connectivity index (χ3n) is 4.25. The predicted molar refractivity (Wildman–Crippen MR) is 114 cm³/mol. The topological polar surface area (TPSA) is 81.8 Å². The molecule has 9 heteroatoms. The molecule has 3 rings (SSSR count). The molecule has 0 atom stereocenters. The number of aromatic nitrogens is 4. The van der Waals surface area contributed by atoms with Gasteiger partial charge >= 0.3 is 0 Å². The Morgan fingerprint density at radius 2 is 1.90 bits per heavy atom. The van der Waals surface area contributed by atoms with Crippen molar-refractivity contribution in [3.8, 4) is 5.95 Å². The fraction of sp³-hybridized carbons (Fsp3) is 0.300. The molecular weight excluding hydrogens is 413 g/mol. The van der Waals surface area contributed by atoms with Gasteiger partial charge in [-0.3, -0.25) is 14.2 Å². The Morgan fingerprint density at radius 3 is 2.52 bits per heavy atom. The predicted octanol–water partition coefficient (Wildman–Crippen LogP) is 3.94. The molecule has 152 valence electrons. The highest BCUT2D eigenvalue weighted by Gasteiger charge is 2.16. The van der Waals surface area contributed by atoms with Crippen molar-refractivity contribution in [3.05, 3.63) is 67.8 Å². The third kappa shape index (κ3) is 4.86. The molecule has 1 aromatic carbocycles. The number of carbonyl (C=O) groups is 1. The number of hydrogen-bond donors (Lipinski definition) is 1. The highest BCUT2D eigenvalue weighted by molar-refractivity contribution is 6.42. The molecule has 2 heterocycles. The van der Waals surface area contributed by atoms with E-state index < -0.39 is 5.91 Å². The fourth-order valence-electron chi connectivity index (χ4n) is 2.98. The van der Waals surface area contributed by atoms with E-state index in [1.807, 2.05) is 26.8 Å². The standard InChI is InChI=1S/C20H21Cl2N5O2/c1-4-5-14-10-19(29)26(20(24-14)27-13(3)8-12(2)25-27)11-18(28)23-15-6-7-16(21)17(22)9-15/h6-10H,4-5,11H2,1-3H3,(H,23,28). The average molecular weight is 434 g/mol. The summed E-state index contributed by atoms with van der Waals surface area (Å²) in [5.41, 5.74) is 2.46. The molecule has 3 aromatic rings. The Kier molecular flexibility index (Phi) is 6.39. The third-order valence-corrected chi connectivity index (χ3v) is 4.99. The Morgan fingerprint density at radius 1 is 1.14 bits per heavy atom. The molecule has 0 bridgehead atoms. The van der Waals surface area contributed by atoms with Crippen LogP contribution in [0.5, 0.6) is 0 Å². The van der Waals surface area contributed by atoms with Crippen molar-refractivity contribution in [1.29, 1.82) is 0 Å². The number of anilines is 1. The van der Waals surface area contributed by atoms with E-state index in [0.29, 0.717) is 33.8 Å². The summed E-state index contributed by atoms with van der Waals surface area (Å²) >= 11 is 11.9. The summed E-state index contributed by atoms with van der Waals surface area (Å²) in [6.45, 7) is 5.53. The largest absolute Gasteiger partial charge is 0.324 e. The molecule has 0 aliphatic carbocycles. The highest BCUT2D eigenvalue weighted by Crippen LogP contribution is 2.25. The Hall–Kier alpha value is -2.64. The number of rotatable bonds is 6. The highest BCUT2D eigenvalue weighted by atomic mass is 35.5. The van der Waals surface area contributed by atoms with Crippen LogP contribution in [-0.2, 0) is 17.8 Å². The molecule has 2 aromatic heterocycles. The second-order valence-electron chi connectivity index (χ2n) is 6.74. The SMILES string of the molecule is CCCc1cc(=O)n(CC(=O)Nc2ccc(Cl)c(Cl)c2)c(-n2nc(C)cc2C)n1. The van der Waals surface area contributed by atoms with E-state index in [4.69, 9.17) is 23.2 Å². The smallest absolute Gasteiger partial charge is 0.255 e. The van der Waals surface area contributed by atoms with E-state index in [1.165, 1.54) is 10.6 Å². The van der Waals surface area contributed by atoms with Crippen molar-refractivity contribution < 1.29 is 4.79 Å². The van der Waals surface area contributed by atoms with Crippen molar-refractivity contribution in [2.75, 3.05) is 5.32 Å². The van der Waals surface area contributed by atoms with Crippen molar-refractivity contribution in [2.24, 2.45) is 0 Å². The first kappa shape index (κ1) is 21.1. The maximum atomic E-state index is 12.8. The molecule has 0 aliphatic heterocycles. The minimum absolute atomic E-state index is 0.216. The molecule has 1 N–H and O–H groups in total. The van der Waals surface area contributed by atoms with E-state index in [-0.39, 0.29) is 12.1 Å². The first-order chi connectivity index (χ1) is 13.8. The van der Waals surface area contributed by atoms with E-state index in [2.05, 4.69) is 15.4 Å². The Balaban J connectivity index is 1.97. The summed E-state index contributed by atoms with van der Waals surface area (Å²) < 4.78 is 2.90. The van der Waals surface area contributed by atoms with Gasteiger partial charge in [-0.25, -0.2) is 9.67 Å². The minimum Gasteiger partial charge on any atom is -0.324 e. The number of amides is 1. The lowest BCUT2D eigenvalue weighted by molar-refractivity contribution is -0.116. The van der Waals surface area contributed by atoms with Crippen molar-refractivity contribution in [2.45, 2.75) is 40.2 Å². The van der Waals surface area contributed by atoms with Gasteiger partial charge < -0.3 is 5.32 Å². The molecule has 1 amide bonds. The lowest BCUT2D eigenvalue weighted by atomic mass is 10.2. The minimum atomic E-state index is -0.390. The lowest BCUT2D eigenvalue weighted by Gasteiger charge is -2.14. The van der Waals surface area contributed by atoms with E-state index >= 15 is 0 Å². The van der Waals surface area contributed by atoms with Gasteiger partial charge in [-0.15, -0.1) is 0 Å². The van der Waals surface area contributed by atoms with Gasteiger partial charge in [-0.05, 0) is 44.5 Å². The summed E-state index contributed by atoms with van der Waals surface area (Å²) in [6.07, 6.45) is 1.52. The molecule has 0 radical (unpaired) electrons. The number of benzene rings is 1. The van der Waals surface area contributed by atoms with Gasteiger partial charge in [0.25, 0.3) is 5.56 Å². The summed E-state index contributed by atoms with van der Waals surface area (Å²) in [7, 11) is 0. The average Bonchev–Trinajstić information content (AvgIpc) is 2.98. The summed E-state index contributed by atoms with van der Waals surface area (Å²) in [5.74, 6) is -0.0749. The van der Waals surface area contributed by atoms with Crippen LogP contribution in [0.25, 0.3) is 5.95 Å². The van der Waals surface area contributed by atoms with Crippen molar-refractivity contribution in [3.63, 3.8) is 0 Å². The van der Waals surface area contributed by atoms with Gasteiger partial charge in [0.1, 0.15) is 6.54 Å². The first-order valence-corrected chi connectivity index (χ1v) is 9.93. The quantitative estimate of drug-likeness (QED) is 0.637. The van der Waals surface area contributed by atoms with Crippen molar-refractivity contribution >= 4 is 34.8 Å². The molecule has 0 unspecified atom stereocenters. The molecule has 0 saturated carbocycles.